The van der Waals surface area contributed by atoms with Crippen molar-refractivity contribution in [1.29, 1.82) is 5.26 Å². The van der Waals surface area contributed by atoms with Crippen LogP contribution in [0, 0.1) is 32.1 Å². The molecule has 0 aromatic heterocycles. The Morgan fingerprint density at radius 1 is 1.17 bits per heavy atom. The molecule has 3 nitrogen and oxygen atoms in total. The topological polar surface area (TPSA) is 52.9 Å². The van der Waals surface area contributed by atoms with E-state index in [0.29, 0.717) is 11.3 Å². The summed E-state index contributed by atoms with van der Waals surface area (Å²) in [6.07, 6.45) is 0. The molecule has 1 atom stereocenters. The number of hydrogen-bond acceptors (Lipinski definition) is 3. The molecular weight excluding hydrogens is 304 g/mol. The highest BCUT2D eigenvalue weighted by atomic mass is 32.2. The van der Waals surface area contributed by atoms with Gasteiger partial charge in [0.1, 0.15) is 6.07 Å². The monoisotopic (exact) mass is 324 g/mol. The standard InChI is InChI=1S/C19H20N2OS/c1-12-9-13(2)18(14(3)10-12)23-15(4)19(22)21-17-8-6-5-7-16(17)11-20/h5-10,15H,1-4H3,(H,21,22)/t15-/m1/s1. The van der Waals surface area contributed by atoms with Crippen molar-refractivity contribution in [3.63, 3.8) is 0 Å². The lowest BCUT2D eigenvalue weighted by Gasteiger charge is -2.16. The molecule has 0 fully saturated rings. The van der Waals surface area contributed by atoms with Crippen molar-refractivity contribution in [2.45, 2.75) is 37.8 Å². The second-order valence-corrected chi connectivity index (χ2v) is 6.99. The van der Waals surface area contributed by atoms with Crippen LogP contribution in [0.3, 0.4) is 0 Å². The molecule has 0 aliphatic heterocycles. The third-order valence-corrected chi connectivity index (χ3v) is 5.02. The molecule has 0 bridgehead atoms. The number of nitrogens with one attached hydrogen (secondary N) is 1. The maximum absolute atomic E-state index is 12.4. The molecule has 0 radical (unpaired) electrons. The van der Waals surface area contributed by atoms with E-state index in [4.69, 9.17) is 5.26 Å². The fourth-order valence-electron chi connectivity index (χ4n) is 2.51. The van der Waals surface area contributed by atoms with E-state index in [1.807, 2.05) is 13.0 Å². The van der Waals surface area contributed by atoms with E-state index in [1.54, 1.807) is 30.0 Å². The van der Waals surface area contributed by atoms with Crippen molar-refractivity contribution in [2.75, 3.05) is 5.32 Å². The minimum Gasteiger partial charge on any atom is -0.324 e. The van der Waals surface area contributed by atoms with Gasteiger partial charge in [-0.25, -0.2) is 0 Å². The molecule has 1 N–H and O–H groups in total. The van der Waals surface area contributed by atoms with Gasteiger partial charge in [-0.05, 0) is 51.0 Å². The molecule has 2 aromatic carbocycles. The smallest absolute Gasteiger partial charge is 0.237 e. The summed E-state index contributed by atoms with van der Waals surface area (Å²) < 4.78 is 0. The largest absolute Gasteiger partial charge is 0.324 e. The van der Waals surface area contributed by atoms with Gasteiger partial charge in [0.2, 0.25) is 5.91 Å². The molecule has 0 heterocycles. The Balaban J connectivity index is 2.14. The van der Waals surface area contributed by atoms with Gasteiger partial charge in [0.05, 0.1) is 16.5 Å². The molecule has 23 heavy (non-hydrogen) atoms. The molecule has 118 valence electrons. The number of hydrogen-bond donors (Lipinski definition) is 1. The van der Waals surface area contributed by atoms with E-state index >= 15 is 0 Å². The summed E-state index contributed by atoms with van der Waals surface area (Å²) >= 11 is 1.55. The average Bonchev–Trinajstić information content (AvgIpc) is 2.51. The average molecular weight is 324 g/mol. The van der Waals surface area contributed by atoms with E-state index in [1.165, 1.54) is 16.7 Å². The van der Waals surface area contributed by atoms with Gasteiger partial charge < -0.3 is 5.32 Å². The Kier molecular flexibility index (Phi) is 5.46. The van der Waals surface area contributed by atoms with Gasteiger partial charge >= 0.3 is 0 Å². The summed E-state index contributed by atoms with van der Waals surface area (Å²) in [5, 5.41) is 11.7. The number of benzene rings is 2. The van der Waals surface area contributed by atoms with Gasteiger partial charge in [-0.1, -0.05) is 29.8 Å². The number of rotatable bonds is 4. The van der Waals surface area contributed by atoms with Crippen molar-refractivity contribution >= 4 is 23.4 Å². The fourth-order valence-corrected chi connectivity index (χ4v) is 3.52. The van der Waals surface area contributed by atoms with Crippen molar-refractivity contribution in [2.24, 2.45) is 0 Å². The van der Waals surface area contributed by atoms with Crippen molar-refractivity contribution in [3.8, 4) is 6.07 Å². The van der Waals surface area contributed by atoms with E-state index in [9.17, 15) is 4.79 Å². The summed E-state index contributed by atoms with van der Waals surface area (Å²) in [6, 6.07) is 13.4. The maximum Gasteiger partial charge on any atom is 0.237 e. The third kappa shape index (κ3) is 4.14. The zero-order valence-corrected chi connectivity index (χ0v) is 14.6. The van der Waals surface area contributed by atoms with Crippen LogP contribution in [0.5, 0.6) is 0 Å². The Morgan fingerprint density at radius 3 is 2.39 bits per heavy atom. The van der Waals surface area contributed by atoms with E-state index < -0.39 is 0 Å². The lowest BCUT2D eigenvalue weighted by atomic mass is 10.1. The molecule has 0 saturated carbocycles. The lowest BCUT2D eigenvalue weighted by Crippen LogP contribution is -2.23. The van der Waals surface area contributed by atoms with E-state index in [2.05, 4.69) is 44.3 Å². The highest BCUT2D eigenvalue weighted by Gasteiger charge is 2.18. The molecule has 0 spiro atoms. The minimum atomic E-state index is -0.248. The molecule has 4 heteroatoms. The van der Waals surface area contributed by atoms with Crippen LogP contribution in [-0.4, -0.2) is 11.2 Å². The van der Waals surface area contributed by atoms with Crippen LogP contribution in [0.15, 0.2) is 41.3 Å². The second kappa shape index (κ2) is 7.34. The van der Waals surface area contributed by atoms with Gasteiger partial charge in [-0.2, -0.15) is 5.26 Å². The van der Waals surface area contributed by atoms with Crippen LogP contribution in [-0.2, 0) is 4.79 Å². The van der Waals surface area contributed by atoms with E-state index in [-0.39, 0.29) is 11.2 Å². The third-order valence-electron chi connectivity index (χ3n) is 3.57. The summed E-state index contributed by atoms with van der Waals surface area (Å²) in [4.78, 5) is 13.6. The van der Waals surface area contributed by atoms with Crippen LogP contribution in [0.1, 0.15) is 29.2 Å². The molecule has 0 aliphatic carbocycles. The molecule has 1 amide bonds. The zero-order valence-electron chi connectivity index (χ0n) is 13.8. The Morgan fingerprint density at radius 2 is 1.78 bits per heavy atom. The number of para-hydroxylation sites is 1. The molecule has 0 aliphatic rings. The van der Waals surface area contributed by atoms with Gasteiger partial charge in [-0.3, -0.25) is 4.79 Å². The van der Waals surface area contributed by atoms with Gasteiger partial charge in [0.25, 0.3) is 0 Å². The first kappa shape index (κ1) is 17.1. The van der Waals surface area contributed by atoms with Crippen molar-refractivity contribution in [1.82, 2.24) is 0 Å². The molecule has 2 rings (SSSR count). The van der Waals surface area contributed by atoms with Gasteiger partial charge in [0, 0.05) is 4.90 Å². The Bertz CT molecular complexity index is 754. The van der Waals surface area contributed by atoms with Crippen LogP contribution >= 0.6 is 11.8 Å². The number of amides is 1. The predicted molar refractivity (Wildman–Crippen MR) is 95.8 cm³/mol. The number of anilines is 1. The van der Waals surface area contributed by atoms with Crippen LogP contribution in [0.25, 0.3) is 0 Å². The molecule has 0 unspecified atom stereocenters. The Hall–Kier alpha value is -2.25. The highest BCUT2D eigenvalue weighted by Crippen LogP contribution is 2.31. The molecule has 0 saturated heterocycles. The summed E-state index contributed by atoms with van der Waals surface area (Å²) in [5.41, 5.74) is 4.63. The van der Waals surface area contributed by atoms with Crippen LogP contribution < -0.4 is 5.32 Å². The zero-order chi connectivity index (χ0) is 17.0. The summed E-state index contributed by atoms with van der Waals surface area (Å²) in [7, 11) is 0. The number of carbonyl (C=O) groups excluding carboxylic acids is 1. The summed E-state index contributed by atoms with van der Waals surface area (Å²) in [6.45, 7) is 8.09. The quantitative estimate of drug-likeness (QED) is 0.836. The summed E-state index contributed by atoms with van der Waals surface area (Å²) in [5.74, 6) is -0.0999. The number of carbonyl (C=O) groups is 1. The molecular formula is C19H20N2OS. The lowest BCUT2D eigenvalue weighted by molar-refractivity contribution is -0.115. The number of aryl methyl sites for hydroxylation is 3. The Labute approximate surface area is 141 Å². The second-order valence-electron chi connectivity index (χ2n) is 5.63. The minimum absolute atomic E-state index is 0.0999. The number of thioether (sulfide) groups is 1. The number of nitrogens with zero attached hydrogens (tertiary/aromatic N) is 1. The van der Waals surface area contributed by atoms with E-state index in [0.717, 1.165) is 4.90 Å². The van der Waals surface area contributed by atoms with Gasteiger partial charge in [-0.15, -0.1) is 11.8 Å². The first-order valence-electron chi connectivity index (χ1n) is 7.47. The van der Waals surface area contributed by atoms with Crippen molar-refractivity contribution < 1.29 is 4.79 Å². The van der Waals surface area contributed by atoms with Crippen LogP contribution in [0.4, 0.5) is 5.69 Å². The first-order chi connectivity index (χ1) is 10.9. The first-order valence-corrected chi connectivity index (χ1v) is 8.35. The van der Waals surface area contributed by atoms with Crippen LogP contribution in [0.2, 0.25) is 0 Å². The normalized spacial score (nSPS) is 11.6. The maximum atomic E-state index is 12.4. The van der Waals surface area contributed by atoms with Crippen molar-refractivity contribution in [3.05, 3.63) is 58.7 Å². The number of nitriles is 1. The predicted octanol–water partition coefficient (Wildman–Crippen LogP) is 4.60. The molecule has 2 aromatic rings. The highest BCUT2D eigenvalue weighted by molar-refractivity contribution is 8.00. The fraction of sp³-hybridized carbons (Fsp3) is 0.263. The SMILES string of the molecule is Cc1cc(C)c(S[C@H](C)C(=O)Nc2ccccc2C#N)c(C)c1. The van der Waals surface area contributed by atoms with Gasteiger partial charge in [0.15, 0.2) is 0 Å².